The van der Waals surface area contributed by atoms with Crippen LogP contribution in [0.5, 0.6) is 23.0 Å². The van der Waals surface area contributed by atoms with Gasteiger partial charge in [0.05, 0.1) is 14.2 Å². The van der Waals surface area contributed by atoms with Crippen molar-refractivity contribution in [3.8, 4) is 45.3 Å². The maximum atomic E-state index is 12.0. The van der Waals surface area contributed by atoms with Crippen molar-refractivity contribution < 1.29 is 45.5 Å². The standard InChI is InChI=1S/C48H48N2O4.2C7H7.Hf/c1-47(39-19-11-7-15-35(39)36-16-8-12-20-40(36)47)43-27-33(53-5)25-31(45(43)51)29-49(3)23-24-50(4)30-32-26-34(54-6)28-44(46(32)52)48(2)41-21-13-9-17-37(41)38-18-10-14-22-42(38)48;2*1-7-5-3-2-4-6-7;/h7-22,25-28,51-52H,23-24,29-30H2,1-6H3;2*2-6H,1H2;/q;2*-1;. The summed E-state index contributed by atoms with van der Waals surface area (Å²) in [7, 11) is 7.51. The van der Waals surface area contributed by atoms with Gasteiger partial charge in [0, 0.05) is 85.1 Å². The van der Waals surface area contributed by atoms with Gasteiger partial charge in [0.1, 0.15) is 23.0 Å². The molecule has 350 valence electrons. The molecule has 0 aromatic heterocycles. The zero-order valence-corrected chi connectivity index (χ0v) is 44.3. The van der Waals surface area contributed by atoms with Crippen LogP contribution in [0.15, 0.2) is 182 Å². The Morgan fingerprint density at radius 2 is 0.696 bits per heavy atom. The van der Waals surface area contributed by atoms with E-state index >= 15 is 0 Å². The van der Waals surface area contributed by atoms with E-state index in [-0.39, 0.29) is 25.8 Å². The van der Waals surface area contributed by atoms with Crippen LogP contribution in [0, 0.1) is 13.8 Å². The van der Waals surface area contributed by atoms with Crippen molar-refractivity contribution in [2.24, 2.45) is 0 Å². The number of nitrogens with zero attached hydrogens (tertiary/aromatic N) is 2. The molecular formula is C62H62HfN2O4-2. The average Bonchev–Trinajstić information content (AvgIpc) is 3.78. The summed E-state index contributed by atoms with van der Waals surface area (Å²) < 4.78 is 11.7. The molecule has 2 aliphatic carbocycles. The van der Waals surface area contributed by atoms with Gasteiger partial charge < -0.3 is 29.5 Å². The maximum Gasteiger partial charge on any atom is 0.124 e. The smallest absolute Gasteiger partial charge is 0.124 e. The third-order valence-electron chi connectivity index (χ3n) is 13.7. The Morgan fingerprint density at radius 1 is 0.420 bits per heavy atom. The minimum Gasteiger partial charge on any atom is -0.507 e. The number of hydrogen-bond acceptors (Lipinski definition) is 6. The predicted octanol–water partition coefficient (Wildman–Crippen LogP) is 13.1. The monoisotopic (exact) mass is 1080 g/mol. The zero-order chi connectivity index (χ0) is 48.0. The number of rotatable bonds is 11. The molecule has 0 atom stereocenters. The first-order valence-corrected chi connectivity index (χ1v) is 23.2. The van der Waals surface area contributed by atoms with Gasteiger partial charge >= 0.3 is 0 Å². The van der Waals surface area contributed by atoms with E-state index in [0.717, 1.165) is 58.0 Å². The summed E-state index contributed by atoms with van der Waals surface area (Å²) in [6.45, 7) is 14.4. The van der Waals surface area contributed by atoms with Gasteiger partial charge in [0.2, 0.25) is 0 Å². The Bertz CT molecular complexity index is 2710. The van der Waals surface area contributed by atoms with Crippen LogP contribution in [0.4, 0.5) is 0 Å². The van der Waals surface area contributed by atoms with Crippen molar-refractivity contribution >= 4 is 0 Å². The van der Waals surface area contributed by atoms with Gasteiger partial charge in [-0.3, -0.25) is 0 Å². The molecule has 69 heavy (non-hydrogen) atoms. The molecule has 0 radical (unpaired) electrons. The van der Waals surface area contributed by atoms with Crippen molar-refractivity contribution in [1.82, 2.24) is 9.80 Å². The van der Waals surface area contributed by atoms with E-state index in [1.54, 1.807) is 14.2 Å². The van der Waals surface area contributed by atoms with Gasteiger partial charge in [-0.05, 0) is 96.7 Å². The van der Waals surface area contributed by atoms with Crippen LogP contribution in [0.25, 0.3) is 22.3 Å². The van der Waals surface area contributed by atoms with E-state index < -0.39 is 10.8 Å². The van der Waals surface area contributed by atoms with E-state index in [0.29, 0.717) is 24.6 Å². The molecule has 0 unspecified atom stereocenters. The molecule has 2 N–H and O–H groups in total. The quantitative estimate of drug-likeness (QED) is 0.0994. The van der Waals surface area contributed by atoms with E-state index in [1.165, 1.54) is 44.5 Å². The molecule has 0 spiro atoms. The molecule has 2 aliphatic rings. The molecule has 0 bridgehead atoms. The van der Waals surface area contributed by atoms with E-state index in [1.807, 2.05) is 84.9 Å². The summed E-state index contributed by atoms with van der Waals surface area (Å²) in [5, 5.41) is 24.0. The van der Waals surface area contributed by atoms with Crippen molar-refractivity contribution in [3.63, 3.8) is 0 Å². The Labute approximate surface area is 428 Å². The van der Waals surface area contributed by atoms with Gasteiger partial charge in [-0.2, -0.15) is 49.2 Å². The van der Waals surface area contributed by atoms with Gasteiger partial charge in [-0.15, -0.1) is 24.3 Å². The molecule has 0 saturated heterocycles. The van der Waals surface area contributed by atoms with Crippen LogP contribution < -0.4 is 9.47 Å². The molecule has 0 saturated carbocycles. The largest absolute Gasteiger partial charge is 0.507 e. The molecule has 6 nitrogen and oxygen atoms in total. The SMILES string of the molecule is COc1cc(CN(C)CCN(C)Cc2cc(OC)cc(C3(C)c4ccccc4-c4ccccc43)c2O)c(O)c(C2(C)c3ccccc3-c3ccccc32)c1.[CH2-]c1ccccc1.[CH2-]c1ccccc1.[Hf]. The average molecular weight is 1080 g/mol. The van der Waals surface area contributed by atoms with Gasteiger partial charge in [-0.25, -0.2) is 0 Å². The molecular weight excluding hydrogens is 1020 g/mol. The molecule has 0 aliphatic heterocycles. The van der Waals surface area contributed by atoms with Crippen LogP contribution >= 0.6 is 0 Å². The first-order chi connectivity index (χ1) is 32.9. The van der Waals surface area contributed by atoms with E-state index in [9.17, 15) is 10.2 Å². The maximum absolute atomic E-state index is 12.0. The second kappa shape index (κ2) is 21.8. The molecule has 8 aromatic carbocycles. The second-order valence-electron chi connectivity index (χ2n) is 18.2. The van der Waals surface area contributed by atoms with Crippen molar-refractivity contribution in [2.75, 3.05) is 41.4 Å². The summed E-state index contributed by atoms with van der Waals surface area (Å²) >= 11 is 0. The topological polar surface area (TPSA) is 65.4 Å². The molecule has 8 aromatic rings. The fraction of sp³-hybridized carbons (Fsp3) is 0.194. The number of likely N-dealkylation sites (N-methyl/N-ethyl adjacent to an activating group) is 2. The zero-order valence-electron chi connectivity index (χ0n) is 40.7. The number of phenolic OH excluding ortho intramolecular Hbond substituents is 2. The van der Waals surface area contributed by atoms with Crippen LogP contribution in [0.3, 0.4) is 0 Å². The van der Waals surface area contributed by atoms with Gasteiger partial charge in [0.15, 0.2) is 0 Å². The molecule has 10 rings (SSSR count). The third kappa shape index (κ3) is 10.1. The molecule has 7 heteroatoms. The number of benzene rings is 8. The van der Waals surface area contributed by atoms with Crippen LogP contribution in [-0.2, 0) is 49.8 Å². The number of methoxy groups -OCH3 is 2. The molecule has 0 fully saturated rings. The summed E-state index contributed by atoms with van der Waals surface area (Å²) in [4.78, 5) is 4.44. The normalized spacial score (nSPS) is 13.0. The van der Waals surface area contributed by atoms with Gasteiger partial charge in [-0.1, -0.05) is 109 Å². The Kier molecular flexibility index (Phi) is 15.9. The summed E-state index contributed by atoms with van der Waals surface area (Å²) in [5.74, 6) is 2.03. The van der Waals surface area contributed by atoms with Gasteiger partial charge in [0.25, 0.3) is 0 Å². The predicted molar refractivity (Wildman–Crippen MR) is 279 cm³/mol. The second-order valence-corrected chi connectivity index (χ2v) is 18.2. The van der Waals surface area contributed by atoms with Crippen molar-refractivity contribution in [1.29, 1.82) is 0 Å². The first-order valence-electron chi connectivity index (χ1n) is 23.2. The number of fused-ring (bicyclic) bond motifs is 6. The summed E-state index contributed by atoms with van der Waals surface area (Å²) in [5.41, 5.74) is 13.8. The first kappa shape index (κ1) is 50.4. The third-order valence-corrected chi connectivity index (χ3v) is 13.7. The number of phenols is 2. The van der Waals surface area contributed by atoms with E-state index in [2.05, 4.69) is 149 Å². The number of hydrogen-bond donors (Lipinski definition) is 2. The van der Waals surface area contributed by atoms with Crippen LogP contribution in [-0.4, -0.2) is 61.4 Å². The Balaban J connectivity index is 0.000000402. The fourth-order valence-electron chi connectivity index (χ4n) is 10.1. The number of ether oxygens (including phenoxy) is 2. The fourth-order valence-corrected chi connectivity index (χ4v) is 10.1. The van der Waals surface area contributed by atoms with Crippen molar-refractivity contribution in [3.05, 3.63) is 251 Å². The minimum atomic E-state index is -0.545. The van der Waals surface area contributed by atoms with Crippen molar-refractivity contribution in [2.45, 2.75) is 37.8 Å². The van der Waals surface area contributed by atoms with Crippen LogP contribution in [0.2, 0.25) is 0 Å². The summed E-state index contributed by atoms with van der Waals surface area (Å²) in [6.07, 6.45) is 0. The summed E-state index contributed by atoms with van der Waals surface area (Å²) in [6, 6.07) is 61.6. The molecule has 0 amide bonds. The minimum absolute atomic E-state index is 0. The molecule has 0 heterocycles. The Hall–Kier alpha value is -6.51. The Morgan fingerprint density at radius 3 is 0.957 bits per heavy atom. The number of aromatic hydroxyl groups is 2. The van der Waals surface area contributed by atoms with Crippen LogP contribution in [0.1, 0.15) is 69.5 Å². The van der Waals surface area contributed by atoms with E-state index in [4.69, 9.17) is 9.47 Å².